The maximum Gasteiger partial charge on any atom is 0.226 e. The minimum Gasteiger partial charge on any atom is -0.394 e. The highest BCUT2D eigenvalue weighted by molar-refractivity contribution is 6.28. The molecule has 0 amide bonds. The molecule has 35 heavy (non-hydrogen) atoms. The van der Waals surface area contributed by atoms with Gasteiger partial charge in [-0.15, -0.1) is 0 Å². The lowest BCUT2D eigenvalue weighted by Crippen LogP contribution is -2.32. The van der Waals surface area contributed by atoms with Crippen molar-refractivity contribution < 1.29 is 23.7 Å². The van der Waals surface area contributed by atoms with Crippen LogP contribution in [-0.4, -0.2) is 68.2 Å². The van der Waals surface area contributed by atoms with Crippen molar-refractivity contribution >= 4 is 28.6 Å². The van der Waals surface area contributed by atoms with Crippen LogP contribution in [0.3, 0.4) is 0 Å². The van der Waals surface area contributed by atoms with Crippen LogP contribution in [0.5, 0.6) is 0 Å². The fourth-order valence-corrected chi connectivity index (χ4v) is 5.60. The highest BCUT2D eigenvalue weighted by Crippen LogP contribution is 2.47. The van der Waals surface area contributed by atoms with Crippen molar-refractivity contribution in [1.82, 2.24) is 19.7 Å². The van der Waals surface area contributed by atoms with Crippen molar-refractivity contribution in [2.45, 2.75) is 75.7 Å². The van der Waals surface area contributed by atoms with Crippen LogP contribution in [0, 0.1) is 12.7 Å². The number of benzene rings is 1. The van der Waals surface area contributed by atoms with Gasteiger partial charge in [0, 0.05) is 18.4 Å². The molecule has 3 aliphatic rings. The summed E-state index contributed by atoms with van der Waals surface area (Å²) >= 11 is 6.30. The summed E-state index contributed by atoms with van der Waals surface area (Å²) in [7, 11) is 0. The van der Waals surface area contributed by atoms with Crippen molar-refractivity contribution in [3.05, 3.63) is 40.4 Å². The lowest BCUT2D eigenvalue weighted by molar-refractivity contribution is -0.171. The molecule has 2 aromatic heterocycles. The monoisotopic (exact) mass is 505 g/mol. The van der Waals surface area contributed by atoms with Gasteiger partial charge in [-0.2, -0.15) is 9.97 Å². The molecule has 1 aromatic carbocycles. The summed E-state index contributed by atoms with van der Waals surface area (Å²) < 4.78 is 34.2. The molecule has 0 unspecified atom stereocenters. The Bertz CT molecular complexity index is 1260. The molecule has 188 valence electrons. The predicted octanol–water partition coefficient (Wildman–Crippen LogP) is 3.67. The number of aromatic amines is 1. The Morgan fingerprint density at radius 1 is 1.29 bits per heavy atom. The normalized spacial score (nSPS) is 31.3. The van der Waals surface area contributed by atoms with E-state index in [1.165, 1.54) is 0 Å². The molecule has 0 radical (unpaired) electrons. The number of halogens is 2. The van der Waals surface area contributed by atoms with Crippen molar-refractivity contribution in [1.29, 1.82) is 0 Å². The molecule has 3 heterocycles. The lowest BCUT2D eigenvalue weighted by atomic mass is 10.1. The van der Waals surface area contributed by atoms with E-state index in [1.54, 1.807) is 13.0 Å². The molecule has 3 N–H and O–H groups in total. The summed E-state index contributed by atoms with van der Waals surface area (Å²) in [4.78, 5) is 8.86. The molecule has 2 aliphatic carbocycles. The zero-order chi connectivity index (χ0) is 24.5. The number of ether oxygens (including phenoxy) is 3. The van der Waals surface area contributed by atoms with E-state index in [2.05, 4.69) is 20.4 Å². The summed E-state index contributed by atoms with van der Waals surface area (Å²) in [5.41, 5.74) is 3.08. The number of fused-ring (bicyclic) bond motifs is 2. The van der Waals surface area contributed by atoms with E-state index >= 15 is 0 Å². The van der Waals surface area contributed by atoms with Gasteiger partial charge in [0.1, 0.15) is 23.5 Å². The molecular formula is C24H29ClFN5O4. The van der Waals surface area contributed by atoms with Crippen LogP contribution in [0.15, 0.2) is 18.2 Å². The van der Waals surface area contributed by atoms with Gasteiger partial charge >= 0.3 is 0 Å². The number of hydrogen-bond acceptors (Lipinski definition) is 7. The number of hydrogen-bond donors (Lipinski definition) is 3. The molecule has 0 spiro atoms. The number of nitrogens with one attached hydrogen (secondary N) is 2. The first kappa shape index (κ1) is 23.2. The second kappa shape index (κ2) is 8.41. The third-order valence-corrected chi connectivity index (χ3v) is 7.37. The quantitative estimate of drug-likeness (QED) is 0.421. The number of aryl methyl sites for hydroxylation is 1. The topological polar surface area (TPSA) is 106 Å². The van der Waals surface area contributed by atoms with Crippen molar-refractivity contribution in [2.75, 3.05) is 18.5 Å². The number of H-pyrrole nitrogens is 1. The van der Waals surface area contributed by atoms with Gasteiger partial charge < -0.3 is 24.6 Å². The fraction of sp³-hybridized carbons (Fsp3) is 0.583. The average molecular weight is 506 g/mol. The van der Waals surface area contributed by atoms with E-state index in [0.717, 1.165) is 17.5 Å². The Morgan fingerprint density at radius 3 is 2.86 bits per heavy atom. The van der Waals surface area contributed by atoms with E-state index in [0.29, 0.717) is 23.4 Å². The number of aliphatic hydroxyl groups is 1. The zero-order valence-electron chi connectivity index (χ0n) is 19.8. The first-order chi connectivity index (χ1) is 16.7. The molecule has 0 bridgehead atoms. The second-order valence-corrected chi connectivity index (χ2v) is 10.5. The van der Waals surface area contributed by atoms with Crippen LogP contribution in [-0.2, 0) is 14.2 Å². The van der Waals surface area contributed by atoms with E-state index in [-0.39, 0.29) is 60.6 Å². The Hall–Kier alpha value is -2.24. The van der Waals surface area contributed by atoms with Crippen LogP contribution in [0.4, 0.5) is 10.2 Å². The minimum atomic E-state index is -0.727. The van der Waals surface area contributed by atoms with Crippen LogP contribution < -0.4 is 5.32 Å². The van der Waals surface area contributed by atoms with Gasteiger partial charge in [0.15, 0.2) is 17.3 Å². The summed E-state index contributed by atoms with van der Waals surface area (Å²) in [5.74, 6) is -0.0634. The van der Waals surface area contributed by atoms with Crippen molar-refractivity contribution in [3.8, 4) is 0 Å². The third kappa shape index (κ3) is 4.11. The summed E-state index contributed by atoms with van der Waals surface area (Å²) in [5, 5.41) is 16.2. The predicted molar refractivity (Wildman–Crippen MR) is 127 cm³/mol. The maximum atomic E-state index is 14.0. The minimum absolute atomic E-state index is 0.0527. The number of anilines is 1. The standard InChI is InChI=1S/C24H29ClFN5O4/c1-11-4-5-12(8-14(11)26)13-9-15(13)27-21-18-22(29-23(25)28-21)31(30-18)16-10-17(33-7-6-32)20-19(16)34-24(2,3)35-20/h4-5,8,13,15-17,19-20,30,32H,6-7,9-10H2,1-3H3,(H,27,28,29)/t13-,15+,16+,17-,19-,20+/m0/s1. The van der Waals surface area contributed by atoms with Crippen LogP contribution in [0.25, 0.3) is 11.2 Å². The Kier molecular flexibility index (Phi) is 5.57. The zero-order valence-corrected chi connectivity index (χ0v) is 20.6. The highest BCUT2D eigenvalue weighted by Gasteiger charge is 2.56. The molecule has 6 rings (SSSR count). The Morgan fingerprint density at radius 2 is 2.09 bits per heavy atom. The summed E-state index contributed by atoms with van der Waals surface area (Å²) in [6.07, 6.45) is 0.848. The molecule has 1 aliphatic heterocycles. The molecule has 6 atom stereocenters. The maximum absolute atomic E-state index is 14.0. The lowest BCUT2D eigenvalue weighted by Gasteiger charge is -2.28. The molecule has 2 saturated carbocycles. The van der Waals surface area contributed by atoms with Gasteiger partial charge in [0.25, 0.3) is 0 Å². The number of nitrogens with zero attached hydrogens (tertiary/aromatic N) is 3. The van der Waals surface area contributed by atoms with Gasteiger partial charge in [-0.05, 0) is 56.0 Å². The van der Waals surface area contributed by atoms with Gasteiger partial charge in [0.05, 0.1) is 25.4 Å². The second-order valence-electron chi connectivity index (χ2n) is 10.1. The van der Waals surface area contributed by atoms with E-state index in [9.17, 15) is 9.50 Å². The molecule has 3 aromatic rings. The molecule has 11 heteroatoms. The molecule has 3 fully saturated rings. The third-order valence-electron chi connectivity index (χ3n) is 7.20. The van der Waals surface area contributed by atoms with Crippen LogP contribution in [0.1, 0.15) is 49.8 Å². The van der Waals surface area contributed by atoms with Crippen LogP contribution in [0.2, 0.25) is 5.28 Å². The fourth-order valence-electron chi connectivity index (χ4n) is 5.43. The SMILES string of the molecule is Cc1ccc([C@@H]2C[C@H]2Nc2nc(Cl)nc3c2[nH]n3[C@@H]2C[C@H](OCCO)[C@H]3OC(C)(C)O[C@H]32)cc1F. The molecular weight excluding hydrogens is 477 g/mol. The van der Waals surface area contributed by atoms with E-state index in [4.69, 9.17) is 25.8 Å². The van der Waals surface area contributed by atoms with Crippen molar-refractivity contribution in [2.24, 2.45) is 0 Å². The summed E-state index contributed by atoms with van der Waals surface area (Å²) in [6.45, 7) is 5.72. The van der Waals surface area contributed by atoms with Crippen LogP contribution >= 0.6 is 11.6 Å². The smallest absolute Gasteiger partial charge is 0.226 e. The summed E-state index contributed by atoms with van der Waals surface area (Å²) in [6, 6.07) is 5.45. The first-order valence-corrected chi connectivity index (χ1v) is 12.4. The molecule has 1 saturated heterocycles. The van der Waals surface area contributed by atoms with Gasteiger partial charge in [-0.1, -0.05) is 12.1 Å². The number of rotatable bonds is 7. The van der Waals surface area contributed by atoms with Gasteiger partial charge in [-0.25, -0.2) is 4.39 Å². The van der Waals surface area contributed by atoms with Crippen molar-refractivity contribution in [3.63, 3.8) is 0 Å². The Labute approximate surface area is 206 Å². The van der Waals surface area contributed by atoms with E-state index in [1.807, 2.05) is 30.7 Å². The highest BCUT2D eigenvalue weighted by atomic mass is 35.5. The van der Waals surface area contributed by atoms with Gasteiger partial charge in [0.2, 0.25) is 5.28 Å². The number of aromatic nitrogens is 4. The van der Waals surface area contributed by atoms with Gasteiger partial charge in [-0.3, -0.25) is 9.78 Å². The molecule has 9 nitrogen and oxygen atoms in total. The Balaban J connectivity index is 1.23. The average Bonchev–Trinajstić information content (AvgIpc) is 3.38. The van der Waals surface area contributed by atoms with E-state index < -0.39 is 5.79 Å². The number of aliphatic hydroxyl groups excluding tert-OH is 1. The largest absolute Gasteiger partial charge is 0.394 e. The first-order valence-electron chi connectivity index (χ1n) is 12.0.